The summed E-state index contributed by atoms with van der Waals surface area (Å²) in [6.07, 6.45) is 4.85. The Morgan fingerprint density at radius 3 is 2.64 bits per heavy atom. The molecule has 1 aliphatic carbocycles. The van der Waals surface area contributed by atoms with Gasteiger partial charge in [0.15, 0.2) is 0 Å². The summed E-state index contributed by atoms with van der Waals surface area (Å²) >= 11 is 0. The van der Waals surface area contributed by atoms with E-state index in [1.165, 1.54) is 11.3 Å². The lowest BCUT2D eigenvalue weighted by Gasteiger charge is -2.28. The molecule has 1 saturated carbocycles. The Morgan fingerprint density at radius 2 is 1.96 bits per heavy atom. The molecule has 0 atom stereocenters. The summed E-state index contributed by atoms with van der Waals surface area (Å²) in [6, 6.07) is 8.32. The zero-order valence-corrected chi connectivity index (χ0v) is 16.9. The van der Waals surface area contributed by atoms with Gasteiger partial charge in [0.1, 0.15) is 11.6 Å². The fourth-order valence-electron chi connectivity index (χ4n) is 4.39. The Balaban J connectivity index is 1.29. The Hall–Kier alpha value is -2.63. The maximum atomic E-state index is 12.3. The molecule has 1 aliphatic rings. The van der Waals surface area contributed by atoms with Crippen LogP contribution in [-0.4, -0.2) is 27.2 Å². The van der Waals surface area contributed by atoms with E-state index in [1.807, 2.05) is 19.9 Å². The number of hydrogen-bond acceptors (Lipinski definition) is 4. The molecule has 4 rings (SSSR count). The normalized spacial score (nSPS) is 19.8. The van der Waals surface area contributed by atoms with Crippen molar-refractivity contribution in [2.75, 3.05) is 6.54 Å². The maximum absolute atomic E-state index is 12.3. The third-order valence-electron chi connectivity index (χ3n) is 6.14. The van der Waals surface area contributed by atoms with Crippen molar-refractivity contribution in [3.63, 3.8) is 0 Å². The number of amides is 1. The number of nitrogens with one attached hydrogen (secondary N) is 1. The zero-order chi connectivity index (χ0) is 19.7. The topological polar surface area (TPSA) is 73.0 Å². The summed E-state index contributed by atoms with van der Waals surface area (Å²) in [5, 5.41) is 7.02. The lowest BCUT2D eigenvalue weighted by Crippen LogP contribution is -2.32. The van der Waals surface area contributed by atoms with Crippen LogP contribution in [0.2, 0.25) is 0 Å². The molecule has 2 heterocycles. The van der Waals surface area contributed by atoms with Gasteiger partial charge in [-0.1, -0.05) is 17.3 Å². The van der Waals surface area contributed by atoms with Gasteiger partial charge < -0.3 is 14.4 Å². The molecule has 1 aromatic carbocycles. The smallest absolute Gasteiger partial charge is 0.224 e. The van der Waals surface area contributed by atoms with Gasteiger partial charge in [0, 0.05) is 25.1 Å². The van der Waals surface area contributed by atoms with Crippen molar-refractivity contribution in [3.8, 4) is 0 Å². The molecule has 0 spiro atoms. The van der Waals surface area contributed by atoms with Gasteiger partial charge in [-0.25, -0.2) is 4.98 Å². The lowest BCUT2D eigenvalue weighted by atomic mass is 9.81. The van der Waals surface area contributed by atoms with E-state index in [9.17, 15) is 4.79 Å². The maximum Gasteiger partial charge on any atom is 0.224 e. The number of imidazole rings is 1. The van der Waals surface area contributed by atoms with Crippen LogP contribution in [0.5, 0.6) is 0 Å². The van der Waals surface area contributed by atoms with Crippen molar-refractivity contribution in [2.45, 2.75) is 51.9 Å². The number of carbonyl (C=O) groups excluding carboxylic acids is 1. The molecule has 6 nitrogen and oxygen atoms in total. The summed E-state index contributed by atoms with van der Waals surface area (Å²) in [7, 11) is 2.12. The van der Waals surface area contributed by atoms with E-state index in [2.05, 4.69) is 40.3 Å². The van der Waals surface area contributed by atoms with Crippen LogP contribution in [0.15, 0.2) is 28.8 Å². The van der Waals surface area contributed by atoms with Crippen molar-refractivity contribution in [1.29, 1.82) is 0 Å². The Kier molecular flexibility index (Phi) is 5.20. The highest BCUT2D eigenvalue weighted by atomic mass is 16.5. The minimum absolute atomic E-state index is 0.0480. The number of carbonyl (C=O) groups is 1. The first-order valence-corrected chi connectivity index (χ1v) is 10.1. The minimum Gasteiger partial charge on any atom is -0.361 e. The number of aromatic nitrogens is 3. The number of benzene rings is 1. The molecule has 148 valence electrons. The van der Waals surface area contributed by atoms with Crippen LogP contribution >= 0.6 is 0 Å². The quantitative estimate of drug-likeness (QED) is 0.730. The Bertz CT molecular complexity index is 960. The molecule has 0 radical (unpaired) electrons. The second-order valence-electron chi connectivity index (χ2n) is 8.02. The molecule has 0 saturated heterocycles. The van der Waals surface area contributed by atoms with Gasteiger partial charge in [-0.05, 0) is 57.6 Å². The van der Waals surface area contributed by atoms with Crippen molar-refractivity contribution >= 4 is 16.9 Å². The average molecular weight is 380 g/mol. The fourth-order valence-corrected chi connectivity index (χ4v) is 4.39. The van der Waals surface area contributed by atoms with E-state index >= 15 is 0 Å². The second-order valence-corrected chi connectivity index (χ2v) is 8.02. The number of hydrogen-bond donors (Lipinski definition) is 1. The highest BCUT2D eigenvalue weighted by Crippen LogP contribution is 2.36. The molecular formula is C22H28N4O2. The summed E-state index contributed by atoms with van der Waals surface area (Å²) in [5.41, 5.74) is 3.98. The van der Waals surface area contributed by atoms with Gasteiger partial charge in [-0.2, -0.15) is 0 Å². The monoisotopic (exact) mass is 380 g/mol. The Morgan fingerprint density at radius 1 is 1.21 bits per heavy atom. The molecule has 0 aliphatic heterocycles. The van der Waals surface area contributed by atoms with E-state index in [0.717, 1.165) is 54.8 Å². The predicted molar refractivity (Wildman–Crippen MR) is 108 cm³/mol. The van der Waals surface area contributed by atoms with E-state index in [0.29, 0.717) is 18.3 Å². The first kappa shape index (κ1) is 18.7. The number of rotatable bonds is 5. The minimum atomic E-state index is 0.0480. The number of para-hydroxylation sites is 2. The van der Waals surface area contributed by atoms with Crippen LogP contribution in [0, 0.1) is 19.8 Å². The molecule has 2 aromatic heterocycles. The largest absolute Gasteiger partial charge is 0.361 e. The van der Waals surface area contributed by atoms with Crippen LogP contribution in [0.25, 0.3) is 11.0 Å². The molecule has 28 heavy (non-hydrogen) atoms. The predicted octanol–water partition coefficient (Wildman–Crippen LogP) is 3.81. The van der Waals surface area contributed by atoms with E-state index < -0.39 is 0 Å². The molecule has 1 amide bonds. The molecule has 0 bridgehead atoms. The average Bonchev–Trinajstić information content (AvgIpc) is 3.21. The van der Waals surface area contributed by atoms with Crippen molar-refractivity contribution < 1.29 is 9.32 Å². The standard InChI is InChI=1S/C22H28N4O2/c1-14-18(15(2)28-25-14)12-21(27)23-13-16-8-10-17(11-9-16)22-24-19-6-4-5-7-20(19)26(22)3/h4-7,16-17H,8-13H2,1-3H3,(H,23,27). The number of fused-ring (bicyclic) bond motifs is 1. The molecular weight excluding hydrogens is 352 g/mol. The third-order valence-corrected chi connectivity index (χ3v) is 6.14. The van der Waals surface area contributed by atoms with E-state index in [1.54, 1.807) is 0 Å². The van der Waals surface area contributed by atoms with Crippen LogP contribution < -0.4 is 5.32 Å². The molecule has 3 aromatic rings. The van der Waals surface area contributed by atoms with Crippen LogP contribution in [-0.2, 0) is 18.3 Å². The van der Waals surface area contributed by atoms with E-state index in [-0.39, 0.29) is 5.91 Å². The van der Waals surface area contributed by atoms with Crippen LogP contribution in [0.4, 0.5) is 0 Å². The molecule has 6 heteroatoms. The Labute approximate surface area is 165 Å². The molecule has 0 unspecified atom stereocenters. The third kappa shape index (κ3) is 3.68. The van der Waals surface area contributed by atoms with Gasteiger partial charge in [0.2, 0.25) is 5.91 Å². The fraction of sp³-hybridized carbons (Fsp3) is 0.500. The first-order valence-electron chi connectivity index (χ1n) is 10.1. The summed E-state index contributed by atoms with van der Waals surface area (Å²) in [6.45, 7) is 4.48. The highest BCUT2D eigenvalue weighted by molar-refractivity contribution is 5.79. The molecule has 1 N–H and O–H groups in total. The second kappa shape index (κ2) is 7.78. The van der Waals surface area contributed by atoms with Crippen molar-refractivity contribution in [2.24, 2.45) is 13.0 Å². The number of nitrogens with zero attached hydrogens (tertiary/aromatic N) is 3. The summed E-state index contributed by atoms with van der Waals surface area (Å²) in [4.78, 5) is 17.2. The number of aryl methyl sites for hydroxylation is 3. The first-order chi connectivity index (χ1) is 13.5. The zero-order valence-electron chi connectivity index (χ0n) is 16.9. The van der Waals surface area contributed by atoms with Crippen molar-refractivity contribution in [1.82, 2.24) is 20.0 Å². The summed E-state index contributed by atoms with van der Waals surface area (Å²) in [5.74, 6) is 3.02. The lowest BCUT2D eigenvalue weighted by molar-refractivity contribution is -0.120. The van der Waals surface area contributed by atoms with Gasteiger partial charge in [0.05, 0.1) is 23.1 Å². The molecule has 1 fully saturated rings. The highest BCUT2D eigenvalue weighted by Gasteiger charge is 2.26. The van der Waals surface area contributed by atoms with Gasteiger partial charge in [0.25, 0.3) is 0 Å². The van der Waals surface area contributed by atoms with Crippen LogP contribution in [0.1, 0.15) is 54.4 Å². The van der Waals surface area contributed by atoms with Crippen molar-refractivity contribution in [3.05, 3.63) is 47.1 Å². The van der Waals surface area contributed by atoms with Crippen LogP contribution in [0.3, 0.4) is 0 Å². The van der Waals surface area contributed by atoms with Gasteiger partial charge in [-0.3, -0.25) is 4.79 Å². The summed E-state index contributed by atoms with van der Waals surface area (Å²) < 4.78 is 7.38. The van der Waals surface area contributed by atoms with Gasteiger partial charge in [-0.15, -0.1) is 0 Å². The van der Waals surface area contributed by atoms with Gasteiger partial charge >= 0.3 is 0 Å². The SMILES string of the molecule is Cc1noc(C)c1CC(=O)NCC1CCC(c2nc3ccccc3n2C)CC1. The van der Waals surface area contributed by atoms with E-state index in [4.69, 9.17) is 9.51 Å².